The van der Waals surface area contributed by atoms with E-state index in [1.54, 1.807) is 25.6 Å². The average molecular weight is 287 g/mol. The number of ether oxygens (including phenoxy) is 1. The standard InChI is InChI=1S/C16H21N3O2/c1-12-5-7-19(11-15(12)21-2)16(20)14-8-13(4-3-6-17)9-18-10-14/h8-10,12,15H,5-7,11,17H2,1-2H3. The summed E-state index contributed by atoms with van der Waals surface area (Å²) in [5.74, 6) is 6.11. The summed E-state index contributed by atoms with van der Waals surface area (Å²) in [5, 5.41) is 0. The molecule has 21 heavy (non-hydrogen) atoms. The molecule has 2 atom stereocenters. The number of pyridine rings is 1. The second-order valence-corrected chi connectivity index (χ2v) is 5.26. The number of amides is 1. The second-order valence-electron chi connectivity index (χ2n) is 5.26. The lowest BCUT2D eigenvalue weighted by atomic mass is 9.95. The number of likely N-dealkylation sites (tertiary alicyclic amines) is 1. The van der Waals surface area contributed by atoms with Crippen molar-refractivity contribution in [1.82, 2.24) is 9.88 Å². The molecule has 2 rings (SSSR count). The number of hydrogen-bond donors (Lipinski definition) is 1. The maximum absolute atomic E-state index is 12.6. The highest BCUT2D eigenvalue weighted by molar-refractivity contribution is 5.94. The molecule has 1 fully saturated rings. The van der Waals surface area contributed by atoms with Gasteiger partial charge in [0.25, 0.3) is 5.91 Å². The predicted molar refractivity (Wildman–Crippen MR) is 80.7 cm³/mol. The van der Waals surface area contributed by atoms with Gasteiger partial charge in [-0.1, -0.05) is 18.8 Å². The molecule has 5 nitrogen and oxygen atoms in total. The third-order valence-corrected chi connectivity index (χ3v) is 3.80. The molecule has 1 amide bonds. The van der Waals surface area contributed by atoms with Crippen LogP contribution in [0.2, 0.25) is 0 Å². The molecule has 5 heteroatoms. The SMILES string of the molecule is COC1CN(C(=O)c2cncc(C#CCN)c2)CCC1C. The van der Waals surface area contributed by atoms with Gasteiger partial charge in [-0.05, 0) is 18.4 Å². The summed E-state index contributed by atoms with van der Waals surface area (Å²) >= 11 is 0. The zero-order chi connectivity index (χ0) is 15.2. The number of rotatable bonds is 2. The number of methoxy groups -OCH3 is 1. The number of aromatic nitrogens is 1. The molecular weight excluding hydrogens is 266 g/mol. The fourth-order valence-electron chi connectivity index (χ4n) is 2.49. The number of piperidine rings is 1. The van der Waals surface area contributed by atoms with Gasteiger partial charge in [-0.25, -0.2) is 0 Å². The Labute approximate surface area is 125 Å². The van der Waals surface area contributed by atoms with Crippen molar-refractivity contribution < 1.29 is 9.53 Å². The van der Waals surface area contributed by atoms with Crippen LogP contribution in [-0.2, 0) is 4.74 Å². The van der Waals surface area contributed by atoms with E-state index in [0.717, 1.165) is 13.0 Å². The third kappa shape index (κ3) is 3.81. The van der Waals surface area contributed by atoms with Crippen LogP contribution in [0.1, 0.15) is 29.3 Å². The molecule has 1 aromatic heterocycles. The predicted octanol–water partition coefficient (Wildman–Crippen LogP) is 0.889. The number of nitrogens with two attached hydrogens (primary N) is 1. The van der Waals surface area contributed by atoms with E-state index in [1.165, 1.54) is 0 Å². The van der Waals surface area contributed by atoms with E-state index in [0.29, 0.717) is 23.6 Å². The summed E-state index contributed by atoms with van der Waals surface area (Å²) in [5.41, 5.74) is 6.62. The van der Waals surface area contributed by atoms with E-state index in [2.05, 4.69) is 23.7 Å². The van der Waals surface area contributed by atoms with Crippen LogP contribution in [0.15, 0.2) is 18.5 Å². The lowest BCUT2D eigenvalue weighted by molar-refractivity contribution is -0.00158. The first-order valence-electron chi connectivity index (χ1n) is 7.11. The Balaban J connectivity index is 2.13. The molecule has 0 saturated carbocycles. The van der Waals surface area contributed by atoms with Crippen molar-refractivity contribution in [2.45, 2.75) is 19.4 Å². The molecule has 1 aliphatic rings. The summed E-state index contributed by atoms with van der Waals surface area (Å²) in [6, 6.07) is 1.76. The van der Waals surface area contributed by atoms with Gasteiger partial charge in [0.1, 0.15) is 0 Å². The summed E-state index contributed by atoms with van der Waals surface area (Å²) in [6.07, 6.45) is 4.26. The normalized spacial score (nSPS) is 21.6. The molecule has 0 spiro atoms. The van der Waals surface area contributed by atoms with Crippen LogP contribution in [0.4, 0.5) is 0 Å². The highest BCUT2D eigenvalue weighted by atomic mass is 16.5. The fourth-order valence-corrected chi connectivity index (χ4v) is 2.49. The number of hydrogen-bond acceptors (Lipinski definition) is 4. The molecule has 1 aliphatic heterocycles. The smallest absolute Gasteiger partial charge is 0.255 e. The van der Waals surface area contributed by atoms with Gasteiger partial charge in [-0.15, -0.1) is 0 Å². The molecule has 0 bridgehead atoms. The van der Waals surface area contributed by atoms with Crippen LogP contribution in [0.25, 0.3) is 0 Å². The summed E-state index contributed by atoms with van der Waals surface area (Å²) in [7, 11) is 1.69. The topological polar surface area (TPSA) is 68.5 Å². The molecule has 0 radical (unpaired) electrons. The molecule has 2 N–H and O–H groups in total. The molecule has 2 heterocycles. The van der Waals surface area contributed by atoms with Gasteiger partial charge >= 0.3 is 0 Å². The average Bonchev–Trinajstić information content (AvgIpc) is 2.53. The zero-order valence-electron chi connectivity index (χ0n) is 12.5. The Morgan fingerprint density at radius 3 is 3.10 bits per heavy atom. The maximum Gasteiger partial charge on any atom is 0.255 e. The van der Waals surface area contributed by atoms with Crippen molar-refractivity contribution in [2.75, 3.05) is 26.7 Å². The van der Waals surface area contributed by atoms with Gasteiger partial charge in [0.2, 0.25) is 0 Å². The van der Waals surface area contributed by atoms with Gasteiger partial charge < -0.3 is 15.4 Å². The van der Waals surface area contributed by atoms with Crippen LogP contribution in [0.5, 0.6) is 0 Å². The highest BCUT2D eigenvalue weighted by Gasteiger charge is 2.29. The van der Waals surface area contributed by atoms with Crippen molar-refractivity contribution in [3.05, 3.63) is 29.6 Å². The lowest BCUT2D eigenvalue weighted by Crippen LogP contribution is -2.46. The first-order valence-corrected chi connectivity index (χ1v) is 7.11. The van der Waals surface area contributed by atoms with E-state index < -0.39 is 0 Å². The minimum atomic E-state index is -0.0205. The first-order chi connectivity index (χ1) is 10.2. The van der Waals surface area contributed by atoms with E-state index in [4.69, 9.17) is 10.5 Å². The minimum Gasteiger partial charge on any atom is -0.379 e. The molecule has 1 aromatic rings. The minimum absolute atomic E-state index is 0.0205. The number of carbonyl (C=O) groups excluding carboxylic acids is 1. The zero-order valence-corrected chi connectivity index (χ0v) is 12.5. The summed E-state index contributed by atoms with van der Waals surface area (Å²) in [6.45, 7) is 3.81. The van der Waals surface area contributed by atoms with E-state index in [1.807, 2.05) is 4.90 Å². The molecule has 1 saturated heterocycles. The Bertz CT molecular complexity index is 562. The van der Waals surface area contributed by atoms with Crippen LogP contribution in [0, 0.1) is 17.8 Å². The van der Waals surface area contributed by atoms with Crippen molar-refractivity contribution in [3.8, 4) is 11.8 Å². The quantitative estimate of drug-likeness (QED) is 0.820. The van der Waals surface area contributed by atoms with Crippen molar-refractivity contribution in [1.29, 1.82) is 0 Å². The molecular formula is C16H21N3O2. The van der Waals surface area contributed by atoms with E-state index in [9.17, 15) is 4.79 Å². The Hall–Kier alpha value is -1.90. The highest BCUT2D eigenvalue weighted by Crippen LogP contribution is 2.21. The summed E-state index contributed by atoms with van der Waals surface area (Å²) < 4.78 is 5.45. The van der Waals surface area contributed by atoms with Gasteiger partial charge in [0, 0.05) is 38.2 Å². The van der Waals surface area contributed by atoms with E-state index in [-0.39, 0.29) is 18.6 Å². The maximum atomic E-state index is 12.6. The van der Waals surface area contributed by atoms with Crippen molar-refractivity contribution >= 4 is 5.91 Å². The van der Waals surface area contributed by atoms with Gasteiger partial charge in [0.05, 0.1) is 18.2 Å². The Morgan fingerprint density at radius 2 is 2.38 bits per heavy atom. The number of nitrogens with zero attached hydrogens (tertiary/aromatic N) is 2. The second kappa shape index (κ2) is 7.21. The molecule has 0 aromatic carbocycles. The van der Waals surface area contributed by atoms with Gasteiger partial charge in [-0.3, -0.25) is 9.78 Å². The van der Waals surface area contributed by atoms with Crippen LogP contribution in [-0.4, -0.2) is 48.6 Å². The molecule has 112 valence electrons. The monoisotopic (exact) mass is 287 g/mol. The third-order valence-electron chi connectivity index (χ3n) is 3.80. The van der Waals surface area contributed by atoms with Crippen molar-refractivity contribution in [3.63, 3.8) is 0 Å². The largest absolute Gasteiger partial charge is 0.379 e. The summed E-state index contributed by atoms with van der Waals surface area (Å²) in [4.78, 5) is 18.5. The van der Waals surface area contributed by atoms with Crippen LogP contribution >= 0.6 is 0 Å². The molecule has 0 aliphatic carbocycles. The molecule has 2 unspecified atom stereocenters. The van der Waals surface area contributed by atoms with Crippen LogP contribution < -0.4 is 5.73 Å². The van der Waals surface area contributed by atoms with Crippen molar-refractivity contribution in [2.24, 2.45) is 11.7 Å². The van der Waals surface area contributed by atoms with Crippen LogP contribution in [0.3, 0.4) is 0 Å². The fraction of sp³-hybridized carbons (Fsp3) is 0.500. The lowest BCUT2D eigenvalue weighted by Gasteiger charge is -2.36. The number of carbonyl (C=O) groups is 1. The first kappa shape index (κ1) is 15.5. The van der Waals surface area contributed by atoms with Gasteiger partial charge in [0.15, 0.2) is 0 Å². The Morgan fingerprint density at radius 1 is 1.57 bits per heavy atom. The van der Waals surface area contributed by atoms with Gasteiger partial charge in [-0.2, -0.15) is 0 Å². The van der Waals surface area contributed by atoms with E-state index >= 15 is 0 Å². The Kier molecular flexibility index (Phi) is 5.32.